The highest BCUT2D eigenvalue weighted by Crippen LogP contribution is 2.66. The number of rotatable bonds is 14. The minimum atomic E-state index is -9.50. The van der Waals surface area contributed by atoms with Gasteiger partial charge in [0.25, 0.3) is 0 Å². The number of hydrogen-bond donors (Lipinski definition) is 0. The molecule has 0 aliphatic rings. The zero-order valence-corrected chi connectivity index (χ0v) is 20.9. The van der Waals surface area contributed by atoms with E-state index in [1.807, 2.05) is 0 Å². The zero-order valence-electron chi connectivity index (χ0n) is 19.9. The van der Waals surface area contributed by atoms with E-state index in [0.717, 1.165) is 0 Å². The van der Waals surface area contributed by atoms with Crippen molar-refractivity contribution in [1.82, 2.24) is 0 Å². The molecule has 43 heavy (non-hydrogen) atoms. The highest BCUT2D eigenvalue weighted by atomic mass is 28.4. The average molecular weight is 722 g/mol. The van der Waals surface area contributed by atoms with Gasteiger partial charge in [0.05, 0.1) is 0 Å². The molecule has 0 spiro atoms. The Balaban J connectivity index is 7.33. The molecule has 0 aromatic rings. The molecule has 0 aliphatic heterocycles. The van der Waals surface area contributed by atoms with Crippen LogP contribution in [0.1, 0.15) is 0 Å². The molecular weight excluding hydrogens is 712 g/mol. The fourth-order valence-electron chi connectivity index (χ4n) is 2.77. The lowest BCUT2D eigenvalue weighted by Crippen LogP contribution is -2.78. The van der Waals surface area contributed by atoms with Gasteiger partial charge >= 0.3 is 73.8 Å². The van der Waals surface area contributed by atoms with Crippen LogP contribution in [-0.4, -0.2) is 101 Å². The number of hydrogen-bond acceptors (Lipinski definition) is 3. The molecule has 0 bridgehead atoms. The Hall–Kier alpha value is -1.58. The third-order valence-corrected chi connectivity index (χ3v) is 8.07. The molecule has 0 aliphatic carbocycles. The molecule has 260 valence electrons. The third kappa shape index (κ3) is 4.98. The first kappa shape index (κ1) is 41.4. The Morgan fingerprint density at radius 1 is 0.372 bits per heavy atom. The van der Waals surface area contributed by atoms with E-state index in [9.17, 15) is 105 Å². The van der Waals surface area contributed by atoms with Crippen LogP contribution in [0.2, 0.25) is 0 Å². The molecule has 0 fully saturated rings. The predicted molar refractivity (Wildman–Crippen MR) is 87.2 cm³/mol. The third-order valence-electron chi connectivity index (χ3n) is 5.39. The second-order valence-corrected chi connectivity index (χ2v) is 10.9. The summed E-state index contributed by atoms with van der Waals surface area (Å²) in [6, 6.07) is 0. The van der Waals surface area contributed by atoms with Crippen LogP contribution in [0, 0.1) is 0 Å². The van der Waals surface area contributed by atoms with E-state index in [1.54, 1.807) is 0 Å². The molecule has 0 saturated carbocycles. The Morgan fingerprint density at radius 2 is 0.581 bits per heavy atom. The molecule has 3 nitrogen and oxygen atoms in total. The van der Waals surface area contributed by atoms with Crippen molar-refractivity contribution in [2.45, 2.75) is 71.2 Å². The normalized spacial score (nSPS) is 17.4. The SMILES string of the molecule is CO[Si](OC)(OC)C(F)(F)C(F)C(F)(F)C(F)(F)C(F)(F)C(F)(F)C(F)(F)C(F)(F)C(F)(F)C(F)(F)C(F)(F)C(F)(F)F. The van der Waals surface area contributed by atoms with Crippen LogP contribution in [-0.2, 0) is 13.3 Å². The summed E-state index contributed by atoms with van der Waals surface area (Å²) in [6.07, 6.45) is -14.5. The van der Waals surface area contributed by atoms with E-state index in [1.165, 1.54) is 0 Å². The van der Waals surface area contributed by atoms with Gasteiger partial charge in [0, 0.05) is 21.3 Å². The topological polar surface area (TPSA) is 27.7 Å². The molecule has 0 aromatic carbocycles. The van der Waals surface area contributed by atoms with Gasteiger partial charge in [-0.15, -0.1) is 0 Å². The van der Waals surface area contributed by atoms with Crippen LogP contribution in [0.4, 0.5) is 105 Å². The van der Waals surface area contributed by atoms with Crippen molar-refractivity contribution in [3.05, 3.63) is 0 Å². The molecule has 0 amide bonds. The summed E-state index contributed by atoms with van der Waals surface area (Å²) in [5.74, 6) is -81.8. The van der Waals surface area contributed by atoms with Gasteiger partial charge in [-0.3, -0.25) is 0 Å². The maximum absolute atomic E-state index is 14.2. The van der Waals surface area contributed by atoms with E-state index in [0.29, 0.717) is 0 Å². The fourth-order valence-corrected chi connectivity index (χ4v) is 4.58. The smallest absolute Gasteiger partial charge is 0.373 e. The van der Waals surface area contributed by atoms with Crippen molar-refractivity contribution in [2.75, 3.05) is 21.3 Å². The van der Waals surface area contributed by atoms with Crippen molar-refractivity contribution in [2.24, 2.45) is 0 Å². The largest absolute Gasteiger partial charge is 0.577 e. The lowest BCUT2D eigenvalue weighted by Gasteiger charge is -2.45. The number of alkyl halides is 24. The van der Waals surface area contributed by atoms with Gasteiger partial charge in [0.1, 0.15) is 0 Å². The van der Waals surface area contributed by atoms with Crippen LogP contribution in [0.25, 0.3) is 0 Å². The zero-order chi connectivity index (χ0) is 35.7. The van der Waals surface area contributed by atoms with Gasteiger partial charge in [0.2, 0.25) is 6.17 Å². The second kappa shape index (κ2) is 10.8. The molecule has 0 saturated heterocycles. The van der Waals surface area contributed by atoms with E-state index in [-0.39, 0.29) is 21.3 Å². The maximum atomic E-state index is 14.2. The monoisotopic (exact) mass is 722 g/mol. The quantitative estimate of drug-likeness (QED) is 0.136. The Bertz CT molecular complexity index is 977. The van der Waals surface area contributed by atoms with Crippen molar-refractivity contribution < 1.29 is 119 Å². The first-order valence-electron chi connectivity index (χ1n) is 9.48. The summed E-state index contributed by atoms with van der Waals surface area (Å²) >= 11 is 0. The van der Waals surface area contributed by atoms with Gasteiger partial charge in [-0.2, -0.15) is 101 Å². The van der Waals surface area contributed by atoms with Crippen molar-refractivity contribution in [3.8, 4) is 0 Å². The van der Waals surface area contributed by atoms with Gasteiger partial charge < -0.3 is 13.3 Å². The van der Waals surface area contributed by atoms with Crippen LogP contribution in [0.15, 0.2) is 0 Å². The van der Waals surface area contributed by atoms with Gasteiger partial charge in [-0.05, 0) is 0 Å². The van der Waals surface area contributed by atoms with Crippen molar-refractivity contribution >= 4 is 8.80 Å². The summed E-state index contributed by atoms with van der Waals surface area (Å²) in [5, 5.41) is 0. The van der Waals surface area contributed by atoms with Crippen molar-refractivity contribution in [1.29, 1.82) is 0 Å². The minimum Gasteiger partial charge on any atom is -0.373 e. The maximum Gasteiger partial charge on any atom is 0.577 e. The fraction of sp³-hybridized carbons (Fsp3) is 1.00. The summed E-state index contributed by atoms with van der Waals surface area (Å²) < 4.78 is 334. The molecular formula is C15H10F24O3Si. The highest BCUT2D eigenvalue weighted by molar-refractivity contribution is 6.63. The Kier molecular flexibility index (Phi) is 10.4. The van der Waals surface area contributed by atoms with Gasteiger partial charge in [0.15, 0.2) is 0 Å². The standard InChI is InChI=1S/C15H10F24O3Si/c1-40-43(41-2,42-3)6(19,20)4(16)5(17,18)7(21,22)8(23,24)9(25,26)10(27,28)11(29,30)12(31,32)13(33,34)14(35,36)15(37,38)39/h4H,1-3H3. The van der Waals surface area contributed by atoms with Crippen molar-refractivity contribution in [3.63, 3.8) is 0 Å². The minimum absolute atomic E-state index is 0.0419. The van der Waals surface area contributed by atoms with E-state index < -0.39 is 80.0 Å². The first-order valence-corrected chi connectivity index (χ1v) is 11.2. The van der Waals surface area contributed by atoms with E-state index in [2.05, 4.69) is 13.3 Å². The molecule has 0 aromatic heterocycles. The first-order chi connectivity index (χ1) is 18.3. The van der Waals surface area contributed by atoms with E-state index in [4.69, 9.17) is 0 Å². The summed E-state index contributed by atoms with van der Waals surface area (Å²) in [5.41, 5.74) is -6.52. The summed E-state index contributed by atoms with van der Waals surface area (Å²) in [4.78, 5) is 0. The van der Waals surface area contributed by atoms with Gasteiger partial charge in [-0.25, -0.2) is 4.39 Å². The van der Waals surface area contributed by atoms with Crippen LogP contribution >= 0.6 is 0 Å². The Morgan fingerprint density at radius 3 is 0.791 bits per heavy atom. The van der Waals surface area contributed by atoms with Crippen LogP contribution in [0.5, 0.6) is 0 Å². The molecule has 0 heterocycles. The molecule has 28 heteroatoms. The highest BCUT2D eigenvalue weighted by Gasteiger charge is 2.98. The summed E-state index contributed by atoms with van der Waals surface area (Å²) in [7, 11) is -6.64. The molecule has 0 rings (SSSR count). The van der Waals surface area contributed by atoms with Crippen LogP contribution in [0.3, 0.4) is 0 Å². The average Bonchev–Trinajstić information content (AvgIpc) is 2.82. The molecule has 1 unspecified atom stereocenters. The van der Waals surface area contributed by atoms with E-state index >= 15 is 0 Å². The molecule has 1 atom stereocenters. The second-order valence-electron chi connectivity index (χ2n) is 7.87. The van der Waals surface area contributed by atoms with Crippen LogP contribution < -0.4 is 0 Å². The number of halogens is 24. The molecule has 0 N–H and O–H groups in total. The lowest BCUT2D eigenvalue weighted by molar-refractivity contribution is -0.476. The van der Waals surface area contributed by atoms with Gasteiger partial charge in [-0.1, -0.05) is 0 Å². The Labute approximate surface area is 221 Å². The predicted octanol–water partition coefficient (Wildman–Crippen LogP) is 7.66. The lowest BCUT2D eigenvalue weighted by atomic mass is 9.85. The summed E-state index contributed by atoms with van der Waals surface area (Å²) in [6.45, 7) is 0. The molecule has 0 radical (unpaired) electrons.